The van der Waals surface area contributed by atoms with Gasteiger partial charge in [0.2, 0.25) is 21.8 Å². The van der Waals surface area contributed by atoms with E-state index in [0.29, 0.717) is 16.8 Å². The quantitative estimate of drug-likeness (QED) is 0.327. The maximum Gasteiger partial charge on any atom is 0.244 e. The zero-order valence-electron chi connectivity index (χ0n) is 24.6. The first-order valence-electron chi connectivity index (χ1n) is 14.4. The van der Waals surface area contributed by atoms with Gasteiger partial charge in [-0.05, 0) is 67.1 Å². The minimum absolute atomic E-state index is 0.0130. The molecular formula is C33H40FN3O4S. The zero-order chi connectivity index (χ0) is 30.3. The first kappa shape index (κ1) is 31.2. The van der Waals surface area contributed by atoms with Crippen molar-refractivity contribution in [3.63, 3.8) is 0 Å². The third-order valence-corrected chi connectivity index (χ3v) is 8.93. The predicted molar refractivity (Wildman–Crippen MR) is 164 cm³/mol. The molecule has 7 nitrogen and oxygen atoms in total. The van der Waals surface area contributed by atoms with E-state index in [1.807, 2.05) is 49.4 Å². The maximum absolute atomic E-state index is 14.2. The van der Waals surface area contributed by atoms with Crippen molar-refractivity contribution in [2.45, 2.75) is 71.0 Å². The monoisotopic (exact) mass is 593 g/mol. The number of rotatable bonds is 11. The largest absolute Gasteiger partial charge is 0.352 e. The fraction of sp³-hybridized carbons (Fsp3) is 0.394. The molecule has 1 fully saturated rings. The first-order valence-corrected chi connectivity index (χ1v) is 16.3. The normalized spacial score (nSPS) is 14.7. The lowest BCUT2D eigenvalue weighted by atomic mass is 9.94. The molecule has 0 heterocycles. The molecule has 224 valence electrons. The Labute approximate surface area is 248 Å². The standard InChI is InChI=1S/C33H40FN3O4S/c1-24-14-15-25(2)30(20-24)37(42(3,40)41)23-32(38)36(22-27-16-18-28(34)19-17-27)31(21-26-10-6-4-7-11-26)33(39)35-29-12-8-5-9-13-29/h4,6-7,10-11,14-20,29,31H,5,8-9,12-13,21-23H2,1-3H3,(H,35,39). The number of amides is 2. The van der Waals surface area contributed by atoms with Gasteiger partial charge in [0, 0.05) is 19.0 Å². The van der Waals surface area contributed by atoms with Gasteiger partial charge in [0.15, 0.2) is 0 Å². The number of carbonyl (C=O) groups excluding carboxylic acids is 2. The molecule has 42 heavy (non-hydrogen) atoms. The fourth-order valence-corrected chi connectivity index (χ4v) is 6.37. The average Bonchev–Trinajstić information content (AvgIpc) is 2.96. The van der Waals surface area contributed by atoms with Crippen molar-refractivity contribution >= 4 is 27.5 Å². The van der Waals surface area contributed by atoms with Crippen molar-refractivity contribution in [2.75, 3.05) is 17.1 Å². The molecule has 0 aliphatic heterocycles. The van der Waals surface area contributed by atoms with Crippen LogP contribution in [0.1, 0.15) is 54.4 Å². The molecule has 1 aliphatic rings. The Bertz CT molecular complexity index is 1470. The smallest absolute Gasteiger partial charge is 0.244 e. The molecule has 4 rings (SSSR count). The van der Waals surface area contributed by atoms with Crippen molar-refractivity contribution < 1.29 is 22.4 Å². The van der Waals surface area contributed by atoms with Crippen LogP contribution in [0.2, 0.25) is 0 Å². The molecule has 3 aromatic carbocycles. The molecule has 0 spiro atoms. The summed E-state index contributed by atoms with van der Waals surface area (Å²) in [5.41, 5.74) is 3.48. The molecule has 2 amide bonds. The van der Waals surface area contributed by atoms with Gasteiger partial charge >= 0.3 is 0 Å². The number of carbonyl (C=O) groups is 2. The van der Waals surface area contributed by atoms with Crippen LogP contribution >= 0.6 is 0 Å². The summed E-state index contributed by atoms with van der Waals surface area (Å²) < 4.78 is 40.9. The van der Waals surface area contributed by atoms with Gasteiger partial charge in [0.1, 0.15) is 18.4 Å². The van der Waals surface area contributed by atoms with E-state index in [1.165, 1.54) is 17.0 Å². The zero-order valence-corrected chi connectivity index (χ0v) is 25.4. The highest BCUT2D eigenvalue weighted by atomic mass is 32.2. The second-order valence-corrected chi connectivity index (χ2v) is 13.2. The van der Waals surface area contributed by atoms with Gasteiger partial charge in [0.05, 0.1) is 11.9 Å². The van der Waals surface area contributed by atoms with Crippen molar-refractivity contribution in [1.29, 1.82) is 0 Å². The van der Waals surface area contributed by atoms with Crippen LogP contribution in [-0.2, 0) is 32.6 Å². The Kier molecular flexibility index (Phi) is 10.4. The van der Waals surface area contributed by atoms with Crippen LogP contribution in [0.5, 0.6) is 0 Å². The van der Waals surface area contributed by atoms with Gasteiger partial charge in [0.25, 0.3) is 0 Å². The number of hydrogen-bond acceptors (Lipinski definition) is 4. The third kappa shape index (κ3) is 8.41. The van der Waals surface area contributed by atoms with Gasteiger partial charge in [-0.15, -0.1) is 0 Å². The number of hydrogen-bond donors (Lipinski definition) is 1. The highest BCUT2D eigenvalue weighted by molar-refractivity contribution is 7.92. The Morgan fingerprint density at radius 3 is 2.24 bits per heavy atom. The van der Waals surface area contributed by atoms with E-state index in [0.717, 1.165) is 53.8 Å². The highest BCUT2D eigenvalue weighted by Crippen LogP contribution is 2.25. The van der Waals surface area contributed by atoms with Crippen LogP contribution in [0.4, 0.5) is 10.1 Å². The first-order chi connectivity index (χ1) is 20.0. The van der Waals surface area contributed by atoms with Crippen molar-refractivity contribution in [2.24, 2.45) is 0 Å². The lowest BCUT2D eigenvalue weighted by Crippen LogP contribution is -2.55. The lowest BCUT2D eigenvalue weighted by Gasteiger charge is -2.35. The Balaban J connectivity index is 1.73. The molecule has 1 unspecified atom stereocenters. The molecule has 0 bridgehead atoms. The molecule has 3 aromatic rings. The van der Waals surface area contributed by atoms with Crippen LogP contribution in [-0.4, -0.2) is 50.0 Å². The Hall–Kier alpha value is -3.72. The molecule has 9 heteroatoms. The SMILES string of the molecule is Cc1ccc(C)c(N(CC(=O)N(Cc2ccc(F)cc2)C(Cc2ccccc2)C(=O)NC2CCCCC2)S(C)(=O)=O)c1. The van der Waals surface area contributed by atoms with Gasteiger partial charge in [-0.1, -0.05) is 73.9 Å². The summed E-state index contributed by atoms with van der Waals surface area (Å²) in [7, 11) is -3.86. The second kappa shape index (κ2) is 14.0. The molecule has 1 atom stereocenters. The van der Waals surface area contributed by atoms with Crippen molar-refractivity contribution in [3.05, 3.63) is 101 Å². The number of benzene rings is 3. The summed E-state index contributed by atoms with van der Waals surface area (Å²) in [6, 6.07) is 19.8. The average molecular weight is 594 g/mol. The summed E-state index contributed by atoms with van der Waals surface area (Å²) in [6.45, 7) is 3.19. The highest BCUT2D eigenvalue weighted by Gasteiger charge is 2.34. The van der Waals surface area contributed by atoms with Gasteiger partial charge in [-0.2, -0.15) is 0 Å². The van der Waals surface area contributed by atoms with Crippen molar-refractivity contribution in [3.8, 4) is 0 Å². The molecule has 1 N–H and O–H groups in total. The second-order valence-electron chi connectivity index (χ2n) is 11.3. The molecular weight excluding hydrogens is 553 g/mol. The minimum atomic E-state index is -3.86. The Morgan fingerprint density at radius 2 is 1.60 bits per heavy atom. The van der Waals surface area contributed by atoms with Crippen LogP contribution < -0.4 is 9.62 Å². The predicted octanol–water partition coefficient (Wildman–Crippen LogP) is 5.30. The Morgan fingerprint density at radius 1 is 0.929 bits per heavy atom. The molecule has 1 aliphatic carbocycles. The number of sulfonamides is 1. The number of nitrogens with zero attached hydrogens (tertiary/aromatic N) is 2. The van der Waals surface area contributed by atoms with E-state index < -0.39 is 34.3 Å². The van der Waals surface area contributed by atoms with E-state index in [2.05, 4.69) is 5.32 Å². The topological polar surface area (TPSA) is 86.8 Å². The summed E-state index contributed by atoms with van der Waals surface area (Å²) >= 11 is 0. The minimum Gasteiger partial charge on any atom is -0.352 e. The van der Waals surface area contributed by atoms with Gasteiger partial charge in [-0.3, -0.25) is 13.9 Å². The van der Waals surface area contributed by atoms with E-state index in [1.54, 1.807) is 25.1 Å². The van der Waals surface area contributed by atoms with Crippen molar-refractivity contribution in [1.82, 2.24) is 10.2 Å². The van der Waals surface area contributed by atoms with E-state index in [-0.39, 0.29) is 24.9 Å². The molecule has 0 aromatic heterocycles. The van der Waals surface area contributed by atoms with Gasteiger partial charge < -0.3 is 10.2 Å². The number of halogens is 1. The summed E-state index contributed by atoms with van der Waals surface area (Å²) in [4.78, 5) is 29.6. The fourth-order valence-electron chi connectivity index (χ4n) is 5.47. The molecule has 0 radical (unpaired) electrons. The van der Waals surface area contributed by atoms with E-state index in [9.17, 15) is 22.4 Å². The summed E-state index contributed by atoms with van der Waals surface area (Å²) in [6.07, 6.45) is 6.28. The molecule has 0 saturated heterocycles. The number of anilines is 1. The van der Waals surface area contributed by atoms with E-state index in [4.69, 9.17) is 0 Å². The third-order valence-electron chi connectivity index (χ3n) is 7.80. The van der Waals surface area contributed by atoms with Crippen LogP contribution in [0.15, 0.2) is 72.8 Å². The summed E-state index contributed by atoms with van der Waals surface area (Å²) in [5, 5.41) is 3.18. The maximum atomic E-state index is 14.2. The number of aryl methyl sites for hydroxylation is 2. The van der Waals surface area contributed by atoms with E-state index >= 15 is 0 Å². The summed E-state index contributed by atoms with van der Waals surface area (Å²) in [5.74, 6) is -1.21. The number of nitrogens with one attached hydrogen (secondary N) is 1. The van der Waals surface area contributed by atoms with Crippen LogP contribution in [0.3, 0.4) is 0 Å². The van der Waals surface area contributed by atoms with Crippen LogP contribution in [0.25, 0.3) is 0 Å². The van der Waals surface area contributed by atoms with Gasteiger partial charge in [-0.25, -0.2) is 12.8 Å². The van der Waals surface area contributed by atoms with Crippen LogP contribution in [0, 0.1) is 19.7 Å². The lowest BCUT2D eigenvalue weighted by molar-refractivity contribution is -0.140. The molecule has 1 saturated carbocycles.